The molecule has 0 saturated heterocycles. The lowest BCUT2D eigenvalue weighted by Crippen LogP contribution is -2.30. The largest absolute Gasteiger partial charge is 0.503 e. The lowest BCUT2D eigenvalue weighted by molar-refractivity contribution is -0.130. The fraction of sp³-hybridized carbons (Fsp3) is 0.125. The number of benzene rings is 3. The number of halogens is 1. The summed E-state index contributed by atoms with van der Waals surface area (Å²) in [4.78, 5) is 14.8. The molecule has 5 heteroatoms. The minimum absolute atomic E-state index is 0.203. The zero-order chi connectivity index (χ0) is 20.4. The summed E-state index contributed by atoms with van der Waals surface area (Å²) in [6, 6.07) is 24.6. The normalized spacial score (nSPS) is 16.4. The lowest BCUT2D eigenvalue weighted by atomic mass is 9.93. The molecule has 1 atom stereocenters. The average Bonchev–Trinajstić information content (AvgIpc) is 3.00. The molecule has 29 heavy (non-hydrogen) atoms. The molecule has 4 rings (SSSR count). The van der Waals surface area contributed by atoms with Gasteiger partial charge in [0.05, 0.1) is 13.2 Å². The molecule has 1 unspecified atom stereocenters. The van der Waals surface area contributed by atoms with Crippen LogP contribution < -0.4 is 4.74 Å². The van der Waals surface area contributed by atoms with Gasteiger partial charge < -0.3 is 14.7 Å². The molecule has 0 spiro atoms. The highest BCUT2D eigenvalue weighted by atomic mass is 79.9. The summed E-state index contributed by atoms with van der Waals surface area (Å²) in [5, 5.41) is 10.8. The van der Waals surface area contributed by atoms with Gasteiger partial charge in [0.25, 0.3) is 5.91 Å². The predicted molar refractivity (Wildman–Crippen MR) is 116 cm³/mol. The standard InChI is InChI=1S/C24H20BrNO3/c1-29-18-13-11-16(12-14-18)15-26-22(19-9-5-6-10-20(19)25)21(23(27)24(26)28)17-7-3-2-4-8-17/h2-14,22,27H,15H2,1H3. The minimum atomic E-state index is -0.400. The van der Waals surface area contributed by atoms with Crippen LogP contribution in [0.4, 0.5) is 0 Å². The average molecular weight is 450 g/mol. The van der Waals surface area contributed by atoms with Crippen molar-refractivity contribution >= 4 is 27.4 Å². The second-order valence-electron chi connectivity index (χ2n) is 6.83. The molecule has 1 amide bonds. The number of ether oxygens (including phenoxy) is 1. The van der Waals surface area contributed by atoms with Gasteiger partial charge >= 0.3 is 0 Å². The van der Waals surface area contributed by atoms with E-state index in [1.54, 1.807) is 12.0 Å². The van der Waals surface area contributed by atoms with Gasteiger partial charge in [-0.2, -0.15) is 0 Å². The Morgan fingerprint density at radius 1 is 0.966 bits per heavy atom. The van der Waals surface area contributed by atoms with E-state index < -0.39 is 6.04 Å². The van der Waals surface area contributed by atoms with Crippen molar-refractivity contribution in [2.45, 2.75) is 12.6 Å². The molecule has 3 aromatic rings. The molecule has 4 nitrogen and oxygen atoms in total. The number of hydrogen-bond donors (Lipinski definition) is 1. The van der Waals surface area contributed by atoms with E-state index >= 15 is 0 Å². The molecule has 146 valence electrons. The summed E-state index contributed by atoms with van der Waals surface area (Å²) < 4.78 is 6.11. The van der Waals surface area contributed by atoms with Crippen LogP contribution in [-0.2, 0) is 11.3 Å². The summed E-state index contributed by atoms with van der Waals surface area (Å²) in [6.45, 7) is 0.370. The Labute approximate surface area is 178 Å². The first-order valence-electron chi connectivity index (χ1n) is 9.27. The number of aliphatic hydroxyl groups excluding tert-OH is 1. The first-order valence-corrected chi connectivity index (χ1v) is 10.1. The van der Waals surface area contributed by atoms with Crippen molar-refractivity contribution in [2.75, 3.05) is 7.11 Å². The van der Waals surface area contributed by atoms with Crippen LogP contribution in [0.1, 0.15) is 22.7 Å². The molecule has 0 fully saturated rings. The van der Waals surface area contributed by atoms with Crippen molar-refractivity contribution in [3.05, 3.63) is 106 Å². The highest BCUT2D eigenvalue weighted by molar-refractivity contribution is 9.10. The number of carbonyl (C=O) groups is 1. The zero-order valence-corrected chi connectivity index (χ0v) is 17.5. The van der Waals surface area contributed by atoms with Gasteiger partial charge in [-0.15, -0.1) is 0 Å². The van der Waals surface area contributed by atoms with Crippen LogP contribution in [0.3, 0.4) is 0 Å². The van der Waals surface area contributed by atoms with Crippen LogP contribution in [0.5, 0.6) is 5.75 Å². The van der Waals surface area contributed by atoms with E-state index in [2.05, 4.69) is 15.9 Å². The zero-order valence-electron chi connectivity index (χ0n) is 15.9. The number of amides is 1. The van der Waals surface area contributed by atoms with Crippen LogP contribution >= 0.6 is 15.9 Å². The SMILES string of the molecule is COc1ccc(CN2C(=O)C(O)=C(c3ccccc3)C2c2ccccc2Br)cc1. The van der Waals surface area contributed by atoms with Gasteiger partial charge in [-0.3, -0.25) is 4.79 Å². The Balaban J connectivity index is 1.79. The Kier molecular flexibility index (Phi) is 5.41. The Hall–Kier alpha value is -3.05. The van der Waals surface area contributed by atoms with E-state index in [0.29, 0.717) is 12.1 Å². The monoisotopic (exact) mass is 449 g/mol. The van der Waals surface area contributed by atoms with E-state index in [1.807, 2.05) is 78.9 Å². The van der Waals surface area contributed by atoms with Crippen LogP contribution in [0.15, 0.2) is 89.1 Å². The fourth-order valence-corrected chi connectivity index (χ4v) is 4.18. The number of rotatable bonds is 5. The van der Waals surface area contributed by atoms with Gasteiger partial charge in [-0.25, -0.2) is 0 Å². The quantitative estimate of drug-likeness (QED) is 0.558. The second-order valence-corrected chi connectivity index (χ2v) is 7.69. The molecule has 0 aromatic heterocycles. The maximum absolute atomic E-state index is 13.1. The van der Waals surface area contributed by atoms with Crippen molar-refractivity contribution in [3.8, 4) is 5.75 Å². The Bertz CT molecular complexity index is 1060. The molecule has 1 heterocycles. The molecule has 3 aromatic carbocycles. The molecule has 0 aliphatic carbocycles. The van der Waals surface area contributed by atoms with Crippen molar-refractivity contribution in [1.82, 2.24) is 4.90 Å². The number of nitrogens with zero attached hydrogens (tertiary/aromatic N) is 1. The summed E-state index contributed by atoms with van der Waals surface area (Å²) in [7, 11) is 1.62. The number of carbonyl (C=O) groups excluding carboxylic acids is 1. The number of methoxy groups -OCH3 is 1. The van der Waals surface area contributed by atoms with Gasteiger partial charge in [0.15, 0.2) is 5.76 Å². The second kappa shape index (κ2) is 8.13. The smallest absolute Gasteiger partial charge is 0.290 e. The maximum Gasteiger partial charge on any atom is 0.290 e. The molecule has 0 radical (unpaired) electrons. The fourth-order valence-electron chi connectivity index (χ4n) is 3.68. The molecule has 0 bridgehead atoms. The van der Waals surface area contributed by atoms with E-state index in [0.717, 1.165) is 26.9 Å². The summed E-state index contributed by atoms with van der Waals surface area (Å²) >= 11 is 3.62. The van der Waals surface area contributed by atoms with Gasteiger partial charge in [0, 0.05) is 16.6 Å². The topological polar surface area (TPSA) is 49.8 Å². The number of aliphatic hydroxyl groups is 1. The first-order chi connectivity index (χ1) is 14.1. The van der Waals surface area contributed by atoms with Gasteiger partial charge in [-0.1, -0.05) is 76.6 Å². The maximum atomic E-state index is 13.1. The molecule has 1 N–H and O–H groups in total. The van der Waals surface area contributed by atoms with Crippen molar-refractivity contribution in [1.29, 1.82) is 0 Å². The van der Waals surface area contributed by atoms with Crippen LogP contribution in [-0.4, -0.2) is 23.0 Å². The third kappa shape index (κ3) is 3.66. The van der Waals surface area contributed by atoms with Gasteiger partial charge in [0.2, 0.25) is 0 Å². The van der Waals surface area contributed by atoms with Crippen LogP contribution in [0.2, 0.25) is 0 Å². The van der Waals surface area contributed by atoms with E-state index in [4.69, 9.17) is 4.74 Å². The molecular weight excluding hydrogens is 430 g/mol. The molecular formula is C24H20BrNO3. The van der Waals surface area contributed by atoms with Crippen molar-refractivity contribution in [2.24, 2.45) is 0 Å². The van der Waals surface area contributed by atoms with E-state index in [9.17, 15) is 9.90 Å². The van der Waals surface area contributed by atoms with Gasteiger partial charge in [0.1, 0.15) is 5.75 Å². The predicted octanol–water partition coefficient (Wildman–Crippen LogP) is 5.51. The van der Waals surface area contributed by atoms with Crippen molar-refractivity contribution < 1.29 is 14.6 Å². The van der Waals surface area contributed by atoms with Crippen molar-refractivity contribution in [3.63, 3.8) is 0 Å². The molecule has 1 aliphatic rings. The lowest BCUT2D eigenvalue weighted by Gasteiger charge is -2.28. The van der Waals surface area contributed by atoms with Gasteiger partial charge in [-0.05, 0) is 34.9 Å². The Morgan fingerprint density at radius 2 is 1.62 bits per heavy atom. The summed E-state index contributed by atoms with van der Waals surface area (Å²) in [5.41, 5.74) is 3.34. The third-order valence-corrected chi connectivity index (χ3v) is 5.82. The van der Waals surface area contributed by atoms with Crippen LogP contribution in [0.25, 0.3) is 5.57 Å². The number of hydrogen-bond acceptors (Lipinski definition) is 3. The third-order valence-electron chi connectivity index (χ3n) is 5.10. The first kappa shape index (κ1) is 19.3. The molecule has 0 saturated carbocycles. The van der Waals surface area contributed by atoms with E-state index in [-0.39, 0.29) is 11.7 Å². The Morgan fingerprint density at radius 3 is 2.28 bits per heavy atom. The molecule has 1 aliphatic heterocycles. The van der Waals surface area contributed by atoms with E-state index in [1.165, 1.54) is 0 Å². The minimum Gasteiger partial charge on any atom is -0.503 e. The summed E-state index contributed by atoms with van der Waals surface area (Å²) in [6.07, 6.45) is 0. The summed E-state index contributed by atoms with van der Waals surface area (Å²) in [5.74, 6) is 0.181. The van der Waals surface area contributed by atoms with Crippen LogP contribution in [0, 0.1) is 0 Å². The highest BCUT2D eigenvalue weighted by Gasteiger charge is 2.41. The highest BCUT2D eigenvalue weighted by Crippen LogP contribution is 2.45.